The van der Waals surface area contributed by atoms with E-state index in [0.29, 0.717) is 30.3 Å². The predicted molar refractivity (Wildman–Crippen MR) is 122 cm³/mol. The fourth-order valence-electron chi connectivity index (χ4n) is 3.08. The monoisotopic (exact) mass is 448 g/mol. The quantitative estimate of drug-likeness (QED) is 0.325. The number of phenols is 1. The van der Waals surface area contributed by atoms with Crippen LogP contribution in [-0.4, -0.2) is 44.2 Å². The van der Waals surface area contributed by atoms with E-state index in [9.17, 15) is 14.3 Å². The summed E-state index contributed by atoms with van der Waals surface area (Å²) < 4.78 is 25.0. The third-order valence-electron chi connectivity index (χ3n) is 4.82. The Labute approximate surface area is 189 Å². The van der Waals surface area contributed by atoms with E-state index in [0.717, 1.165) is 11.8 Å². The average molecular weight is 448 g/mol. The molecular formula is C24H21FN4O4. The van der Waals surface area contributed by atoms with Gasteiger partial charge in [0, 0.05) is 31.9 Å². The number of azo groups is 1. The number of aromatic hydroxyl groups is 1. The molecule has 1 heterocycles. The van der Waals surface area contributed by atoms with Gasteiger partial charge >= 0.3 is 5.97 Å². The maximum atomic E-state index is 14.5. The van der Waals surface area contributed by atoms with Crippen molar-refractivity contribution in [1.29, 1.82) is 0 Å². The topological polar surface area (TPSA) is 96.1 Å². The Morgan fingerprint density at radius 1 is 1.06 bits per heavy atom. The molecule has 0 saturated carbocycles. The van der Waals surface area contributed by atoms with E-state index in [-0.39, 0.29) is 22.7 Å². The molecule has 33 heavy (non-hydrogen) atoms. The molecule has 0 aromatic heterocycles. The molecule has 0 atom stereocenters. The third kappa shape index (κ3) is 5.15. The van der Waals surface area contributed by atoms with Crippen LogP contribution >= 0.6 is 0 Å². The maximum absolute atomic E-state index is 14.5. The van der Waals surface area contributed by atoms with Crippen LogP contribution in [0.5, 0.6) is 11.5 Å². The molecule has 1 aliphatic heterocycles. The Morgan fingerprint density at radius 3 is 2.42 bits per heavy atom. The van der Waals surface area contributed by atoms with Gasteiger partial charge in [0.05, 0.1) is 29.0 Å². The summed E-state index contributed by atoms with van der Waals surface area (Å²) in [7, 11) is 3.87. The number of halogens is 1. The van der Waals surface area contributed by atoms with Crippen molar-refractivity contribution in [2.24, 2.45) is 15.2 Å². The molecule has 0 bridgehead atoms. The number of anilines is 1. The second kappa shape index (κ2) is 9.47. The van der Waals surface area contributed by atoms with Crippen LogP contribution in [0.15, 0.2) is 75.9 Å². The minimum atomic E-state index is -0.906. The highest BCUT2D eigenvalue weighted by atomic mass is 19.1. The predicted octanol–water partition coefficient (Wildman–Crippen LogP) is 5.01. The van der Waals surface area contributed by atoms with Gasteiger partial charge in [-0.3, -0.25) is 0 Å². The minimum Gasteiger partial charge on any atom is -0.507 e. The molecule has 0 unspecified atom stereocenters. The van der Waals surface area contributed by atoms with E-state index in [1.54, 1.807) is 12.1 Å². The van der Waals surface area contributed by atoms with Gasteiger partial charge in [0.15, 0.2) is 0 Å². The fraction of sp³-hybridized carbons (Fsp3) is 0.167. The van der Waals surface area contributed by atoms with Crippen LogP contribution in [0, 0.1) is 5.82 Å². The molecule has 1 N–H and O–H groups in total. The lowest BCUT2D eigenvalue weighted by Gasteiger charge is -2.11. The number of rotatable bonds is 6. The zero-order chi connectivity index (χ0) is 23.4. The number of hydrogen-bond acceptors (Lipinski definition) is 8. The van der Waals surface area contributed by atoms with Gasteiger partial charge in [-0.05, 0) is 48.5 Å². The van der Waals surface area contributed by atoms with Crippen LogP contribution in [-0.2, 0) is 4.74 Å². The summed E-state index contributed by atoms with van der Waals surface area (Å²) in [6.45, 7) is 0.964. The van der Waals surface area contributed by atoms with Gasteiger partial charge in [0.1, 0.15) is 23.9 Å². The molecule has 168 valence electrons. The van der Waals surface area contributed by atoms with Crippen LogP contribution in [0.2, 0.25) is 0 Å². The summed E-state index contributed by atoms with van der Waals surface area (Å²) in [5, 5.41) is 18.3. The van der Waals surface area contributed by atoms with Crippen LogP contribution in [0.3, 0.4) is 0 Å². The average Bonchev–Trinajstić information content (AvgIpc) is 3.32. The number of benzene rings is 3. The van der Waals surface area contributed by atoms with Gasteiger partial charge in [-0.2, -0.15) is 10.2 Å². The summed E-state index contributed by atoms with van der Waals surface area (Å²) >= 11 is 0. The molecule has 9 heteroatoms. The zero-order valence-corrected chi connectivity index (χ0v) is 18.0. The highest BCUT2D eigenvalue weighted by molar-refractivity contribution is 5.98. The first-order chi connectivity index (χ1) is 15.9. The number of aliphatic imine (C=N–C) groups is 1. The van der Waals surface area contributed by atoms with Crippen molar-refractivity contribution < 1.29 is 23.8 Å². The minimum absolute atomic E-state index is 0.0594. The van der Waals surface area contributed by atoms with Crippen LogP contribution in [0.25, 0.3) is 0 Å². The van der Waals surface area contributed by atoms with E-state index in [2.05, 4.69) is 15.2 Å². The second-order valence-corrected chi connectivity index (χ2v) is 7.38. The van der Waals surface area contributed by atoms with E-state index >= 15 is 0 Å². The van der Waals surface area contributed by atoms with Crippen LogP contribution in [0.4, 0.5) is 21.5 Å². The number of ether oxygens (including phenoxy) is 2. The molecule has 0 fully saturated rings. The van der Waals surface area contributed by atoms with Crippen molar-refractivity contribution >= 4 is 28.9 Å². The van der Waals surface area contributed by atoms with Crippen molar-refractivity contribution in [2.45, 2.75) is 0 Å². The standard InChI is InChI=1S/C24H21FN4O4/c1-29(2)17-6-3-15(4-7-17)27-28-16-5-9-19(21(25)13-16)24(31)33-18-8-10-20(22(30)14-18)23-26-11-12-32-23/h3-10,13-14,30H,11-12H2,1-2H3. The lowest BCUT2D eigenvalue weighted by Crippen LogP contribution is -2.11. The Kier molecular flexibility index (Phi) is 6.30. The molecular weight excluding hydrogens is 427 g/mol. The smallest absolute Gasteiger partial charge is 0.346 e. The van der Waals surface area contributed by atoms with Crippen molar-refractivity contribution in [3.63, 3.8) is 0 Å². The second-order valence-electron chi connectivity index (χ2n) is 7.38. The first kappa shape index (κ1) is 21.9. The lowest BCUT2D eigenvalue weighted by molar-refractivity contribution is 0.0730. The van der Waals surface area contributed by atoms with E-state index < -0.39 is 11.8 Å². The zero-order valence-electron chi connectivity index (χ0n) is 18.0. The van der Waals surface area contributed by atoms with Gasteiger partial charge in [0.2, 0.25) is 5.90 Å². The number of hydrogen-bond donors (Lipinski definition) is 1. The van der Waals surface area contributed by atoms with Gasteiger partial charge in [-0.1, -0.05) is 0 Å². The summed E-state index contributed by atoms with van der Waals surface area (Å²) in [5.74, 6) is -1.47. The normalized spacial score (nSPS) is 13.0. The van der Waals surface area contributed by atoms with Crippen LogP contribution < -0.4 is 9.64 Å². The number of nitrogens with zero attached hydrogens (tertiary/aromatic N) is 4. The molecule has 0 saturated heterocycles. The number of esters is 1. The summed E-state index contributed by atoms with van der Waals surface area (Å²) in [6.07, 6.45) is 0. The van der Waals surface area contributed by atoms with E-state index in [1.165, 1.54) is 30.3 Å². The highest BCUT2D eigenvalue weighted by Gasteiger charge is 2.18. The van der Waals surface area contributed by atoms with Crippen molar-refractivity contribution in [1.82, 2.24) is 0 Å². The number of phenolic OH excluding ortho intramolecular Hbond substituents is 1. The van der Waals surface area contributed by atoms with Gasteiger partial charge < -0.3 is 19.5 Å². The van der Waals surface area contributed by atoms with Crippen molar-refractivity contribution in [3.05, 3.63) is 77.6 Å². The molecule has 0 radical (unpaired) electrons. The summed E-state index contributed by atoms with van der Waals surface area (Å²) in [6, 6.07) is 15.5. The Hall–Kier alpha value is -4.27. The maximum Gasteiger partial charge on any atom is 0.346 e. The molecule has 8 nitrogen and oxygen atoms in total. The van der Waals surface area contributed by atoms with Gasteiger partial charge in [-0.15, -0.1) is 0 Å². The van der Waals surface area contributed by atoms with Gasteiger partial charge in [-0.25, -0.2) is 14.2 Å². The fourth-order valence-corrected chi connectivity index (χ4v) is 3.08. The molecule has 1 aliphatic rings. The third-order valence-corrected chi connectivity index (χ3v) is 4.82. The number of carbonyl (C=O) groups is 1. The Balaban J connectivity index is 1.44. The first-order valence-corrected chi connectivity index (χ1v) is 10.1. The Bertz CT molecular complexity index is 1240. The SMILES string of the molecule is CN(C)c1ccc(N=Nc2ccc(C(=O)Oc3ccc(C4=NCCO4)c(O)c3)c(F)c2)cc1. The molecule has 3 aromatic rings. The number of carbonyl (C=O) groups excluding carboxylic acids is 1. The molecule has 0 spiro atoms. The Morgan fingerprint density at radius 2 is 1.79 bits per heavy atom. The molecule has 0 aliphatic carbocycles. The molecule has 0 amide bonds. The lowest BCUT2D eigenvalue weighted by atomic mass is 10.2. The van der Waals surface area contributed by atoms with E-state index in [4.69, 9.17) is 9.47 Å². The largest absolute Gasteiger partial charge is 0.507 e. The van der Waals surface area contributed by atoms with E-state index in [1.807, 2.05) is 31.1 Å². The highest BCUT2D eigenvalue weighted by Crippen LogP contribution is 2.27. The molecule has 3 aromatic carbocycles. The summed E-state index contributed by atoms with van der Waals surface area (Å²) in [4.78, 5) is 18.5. The molecule has 4 rings (SSSR count). The first-order valence-electron chi connectivity index (χ1n) is 10.1. The van der Waals surface area contributed by atoms with Crippen molar-refractivity contribution in [2.75, 3.05) is 32.1 Å². The summed E-state index contributed by atoms with van der Waals surface area (Å²) in [5.41, 5.74) is 2.01. The van der Waals surface area contributed by atoms with Crippen LogP contribution in [0.1, 0.15) is 15.9 Å². The van der Waals surface area contributed by atoms with Crippen molar-refractivity contribution in [3.8, 4) is 11.5 Å². The van der Waals surface area contributed by atoms with Gasteiger partial charge in [0.25, 0.3) is 0 Å².